The summed E-state index contributed by atoms with van der Waals surface area (Å²) in [5.41, 5.74) is 0.184. The normalized spacial score (nSPS) is 48.2. The Bertz CT molecular complexity index is 603. The predicted molar refractivity (Wildman–Crippen MR) is 61.2 cm³/mol. The van der Waals surface area contributed by atoms with Crippen LogP contribution in [0.25, 0.3) is 0 Å². The Morgan fingerprint density at radius 1 is 1.25 bits per heavy atom. The van der Waals surface area contributed by atoms with E-state index in [9.17, 15) is 22.0 Å². The molecule has 112 valence electrons. The molecule has 20 heavy (non-hydrogen) atoms. The third-order valence-corrected chi connectivity index (χ3v) is 7.00. The van der Waals surface area contributed by atoms with Crippen LogP contribution in [0.5, 0.6) is 0 Å². The Labute approximate surface area is 114 Å². The SMILES string of the molecule is O=C(OC1C2CC3CC4CC1C34C2)C(F)(F)S(=O)(=O)O. The topological polar surface area (TPSA) is 80.7 Å². The number of hydrogen-bond donors (Lipinski definition) is 1. The third-order valence-electron chi connectivity index (χ3n) is 6.19. The minimum absolute atomic E-state index is 0.0682. The first-order chi connectivity index (χ1) is 9.18. The first kappa shape index (κ1) is 12.9. The minimum Gasteiger partial charge on any atom is -0.456 e. The average Bonchev–Trinajstić information content (AvgIpc) is 2.78. The summed E-state index contributed by atoms with van der Waals surface area (Å²) in [5, 5.41) is -4.88. The van der Waals surface area contributed by atoms with Crippen molar-refractivity contribution < 1.29 is 31.3 Å². The van der Waals surface area contributed by atoms with E-state index in [1.54, 1.807) is 0 Å². The standard InChI is InChI=1S/C12H14F2O5S/c13-12(14,20(16,17)18)10(15)19-9-5-1-6-2-7-3-8(9)11(6,7)4-5/h5-9H,1-4H2,(H,16,17,18). The molecule has 0 radical (unpaired) electrons. The maximum absolute atomic E-state index is 13.2. The van der Waals surface area contributed by atoms with Gasteiger partial charge in [-0.05, 0) is 48.9 Å². The minimum atomic E-state index is -5.78. The van der Waals surface area contributed by atoms with Crippen molar-refractivity contribution in [1.29, 1.82) is 0 Å². The van der Waals surface area contributed by atoms with Gasteiger partial charge in [0.25, 0.3) is 0 Å². The van der Waals surface area contributed by atoms with Crippen LogP contribution in [0.1, 0.15) is 25.7 Å². The highest BCUT2D eigenvalue weighted by molar-refractivity contribution is 7.87. The van der Waals surface area contributed by atoms with Gasteiger partial charge in [0.15, 0.2) is 0 Å². The van der Waals surface area contributed by atoms with Gasteiger partial charge in [-0.25, -0.2) is 4.79 Å². The quantitative estimate of drug-likeness (QED) is 0.630. The fourth-order valence-electron chi connectivity index (χ4n) is 5.44. The Balaban J connectivity index is 1.53. The second kappa shape index (κ2) is 3.35. The molecule has 1 N–H and O–H groups in total. The molecule has 0 aliphatic heterocycles. The van der Waals surface area contributed by atoms with Crippen molar-refractivity contribution in [3.63, 3.8) is 0 Å². The number of hydrogen-bond acceptors (Lipinski definition) is 4. The molecule has 0 heterocycles. The second-order valence-electron chi connectivity index (χ2n) is 6.65. The van der Waals surface area contributed by atoms with Gasteiger partial charge in [-0.3, -0.25) is 4.55 Å². The number of fused-ring (bicyclic) bond motifs is 1. The second-order valence-corrected chi connectivity index (χ2v) is 8.11. The van der Waals surface area contributed by atoms with Gasteiger partial charge in [0.2, 0.25) is 0 Å². The highest BCUT2D eigenvalue weighted by Gasteiger charge is 2.77. The molecule has 5 nitrogen and oxygen atoms in total. The maximum Gasteiger partial charge on any atom is 0.465 e. The van der Waals surface area contributed by atoms with Gasteiger partial charge in [-0.2, -0.15) is 17.2 Å². The summed E-state index contributed by atoms with van der Waals surface area (Å²) >= 11 is 0. The highest BCUT2D eigenvalue weighted by Crippen LogP contribution is 2.81. The van der Waals surface area contributed by atoms with Crippen molar-refractivity contribution in [3.05, 3.63) is 0 Å². The largest absolute Gasteiger partial charge is 0.465 e. The van der Waals surface area contributed by atoms with Gasteiger partial charge in [0.05, 0.1) is 0 Å². The van der Waals surface area contributed by atoms with Crippen LogP contribution in [0.15, 0.2) is 0 Å². The third kappa shape index (κ3) is 1.21. The Kier molecular flexibility index (Phi) is 2.17. The van der Waals surface area contributed by atoms with Crippen molar-refractivity contribution in [3.8, 4) is 0 Å². The summed E-state index contributed by atoms with van der Waals surface area (Å²) < 4.78 is 60.8. The molecule has 6 atom stereocenters. The van der Waals surface area contributed by atoms with Crippen LogP contribution < -0.4 is 0 Å². The first-order valence-electron chi connectivity index (χ1n) is 6.74. The molecule has 0 aromatic rings. The van der Waals surface area contributed by atoms with Gasteiger partial charge in [-0.15, -0.1) is 0 Å². The zero-order valence-electron chi connectivity index (χ0n) is 10.5. The molecule has 4 rings (SSSR count). The monoisotopic (exact) mass is 308 g/mol. The molecule has 4 fully saturated rings. The van der Waals surface area contributed by atoms with E-state index in [1.807, 2.05) is 0 Å². The molecule has 8 heteroatoms. The van der Waals surface area contributed by atoms with E-state index >= 15 is 0 Å². The van der Waals surface area contributed by atoms with E-state index < -0.39 is 27.4 Å². The van der Waals surface area contributed by atoms with Crippen molar-refractivity contribution in [1.82, 2.24) is 0 Å². The summed E-state index contributed by atoms with van der Waals surface area (Å²) in [7, 11) is -5.78. The molecular weight excluding hydrogens is 294 g/mol. The number of rotatable bonds is 3. The molecule has 0 saturated heterocycles. The molecule has 4 saturated carbocycles. The van der Waals surface area contributed by atoms with Crippen LogP contribution in [0.3, 0.4) is 0 Å². The van der Waals surface area contributed by atoms with Crippen LogP contribution >= 0.6 is 0 Å². The van der Waals surface area contributed by atoms with Crippen LogP contribution in [0.4, 0.5) is 8.78 Å². The lowest BCUT2D eigenvalue weighted by molar-refractivity contribution is -0.222. The first-order valence-corrected chi connectivity index (χ1v) is 8.18. The number of carbonyl (C=O) groups is 1. The van der Waals surface area contributed by atoms with Crippen molar-refractivity contribution >= 4 is 16.1 Å². The number of esters is 1. The Hall–Kier alpha value is -0.760. The van der Waals surface area contributed by atoms with Crippen LogP contribution in [0, 0.1) is 29.1 Å². The zero-order valence-corrected chi connectivity index (χ0v) is 11.3. The van der Waals surface area contributed by atoms with E-state index in [0.717, 1.165) is 19.3 Å². The average molecular weight is 308 g/mol. The van der Waals surface area contributed by atoms with Crippen molar-refractivity contribution in [2.45, 2.75) is 37.0 Å². The molecule has 0 amide bonds. The van der Waals surface area contributed by atoms with Gasteiger partial charge >= 0.3 is 21.3 Å². The summed E-state index contributed by atoms with van der Waals surface area (Å²) in [6.45, 7) is 0. The molecular formula is C12H14F2O5S. The number of ether oxygens (including phenoxy) is 1. The molecule has 4 aliphatic carbocycles. The van der Waals surface area contributed by atoms with Crippen LogP contribution in [0.2, 0.25) is 0 Å². The molecule has 2 bridgehead atoms. The van der Waals surface area contributed by atoms with Gasteiger partial charge in [-0.1, -0.05) is 0 Å². The molecule has 0 aromatic heterocycles. The van der Waals surface area contributed by atoms with Crippen LogP contribution in [-0.4, -0.2) is 30.3 Å². The Morgan fingerprint density at radius 3 is 2.45 bits per heavy atom. The van der Waals surface area contributed by atoms with E-state index in [2.05, 4.69) is 0 Å². The van der Waals surface area contributed by atoms with Crippen molar-refractivity contribution in [2.75, 3.05) is 0 Å². The van der Waals surface area contributed by atoms with E-state index in [4.69, 9.17) is 9.29 Å². The lowest BCUT2D eigenvalue weighted by Crippen LogP contribution is -2.63. The molecule has 4 aliphatic rings. The van der Waals surface area contributed by atoms with E-state index in [1.165, 1.54) is 6.42 Å². The van der Waals surface area contributed by atoms with Crippen LogP contribution in [-0.2, 0) is 19.6 Å². The lowest BCUT2D eigenvalue weighted by atomic mass is 9.38. The molecule has 0 aromatic carbocycles. The van der Waals surface area contributed by atoms with Gasteiger partial charge < -0.3 is 4.74 Å². The number of carbonyl (C=O) groups excluding carboxylic acids is 1. The summed E-state index contributed by atoms with van der Waals surface area (Å²) in [5.74, 6) is -0.709. The molecule has 6 unspecified atom stereocenters. The summed E-state index contributed by atoms with van der Waals surface area (Å²) in [6, 6.07) is 0. The van der Waals surface area contributed by atoms with E-state index in [-0.39, 0.29) is 17.3 Å². The van der Waals surface area contributed by atoms with E-state index in [0.29, 0.717) is 11.8 Å². The summed E-state index contributed by atoms with van der Waals surface area (Å²) in [6.07, 6.45) is 3.24. The maximum atomic E-state index is 13.2. The lowest BCUT2D eigenvalue weighted by Gasteiger charge is -2.67. The number of halogens is 2. The smallest absolute Gasteiger partial charge is 0.456 e. The number of alkyl halides is 2. The Morgan fingerprint density at radius 2 is 1.90 bits per heavy atom. The fraction of sp³-hybridized carbons (Fsp3) is 0.917. The summed E-state index contributed by atoms with van der Waals surface area (Å²) in [4.78, 5) is 11.4. The molecule has 1 spiro atoms. The predicted octanol–water partition coefficient (Wildman–Crippen LogP) is 1.44. The fourth-order valence-corrected chi connectivity index (χ4v) is 5.70. The van der Waals surface area contributed by atoms with Gasteiger partial charge in [0.1, 0.15) is 6.10 Å². The van der Waals surface area contributed by atoms with Gasteiger partial charge in [0, 0.05) is 5.92 Å². The highest BCUT2D eigenvalue weighted by atomic mass is 32.2. The zero-order chi connectivity index (χ0) is 14.5. The van der Waals surface area contributed by atoms with Crippen molar-refractivity contribution in [2.24, 2.45) is 29.1 Å².